The van der Waals surface area contributed by atoms with E-state index in [0.29, 0.717) is 6.10 Å². The molecule has 1 unspecified atom stereocenters. The zero-order chi connectivity index (χ0) is 12.8. The highest BCUT2D eigenvalue weighted by atomic mass is 35.5. The van der Waals surface area contributed by atoms with Gasteiger partial charge in [-0.05, 0) is 37.1 Å². The normalized spacial score (nSPS) is 19.3. The van der Waals surface area contributed by atoms with Crippen LogP contribution < -0.4 is 5.32 Å². The quantitative estimate of drug-likeness (QED) is 0.805. The third-order valence-corrected chi connectivity index (χ3v) is 4.66. The minimum Gasteiger partial charge on any atom is -0.377 e. The fraction of sp³-hybridized carbons (Fsp3) is 0.571. The van der Waals surface area contributed by atoms with Gasteiger partial charge >= 0.3 is 0 Å². The molecular weight excluding hydrogens is 266 g/mol. The van der Waals surface area contributed by atoms with Crippen LogP contribution in [0.1, 0.15) is 25.3 Å². The van der Waals surface area contributed by atoms with Gasteiger partial charge in [0.25, 0.3) is 0 Å². The third-order valence-electron chi connectivity index (χ3n) is 3.08. The molecule has 0 bridgehead atoms. The molecule has 100 valence electrons. The smallest absolute Gasteiger partial charge is 0.0669 e. The molecule has 18 heavy (non-hydrogen) atoms. The van der Waals surface area contributed by atoms with Crippen LogP contribution in [0.5, 0.6) is 0 Å². The van der Waals surface area contributed by atoms with Gasteiger partial charge in [0.05, 0.1) is 6.10 Å². The average molecular weight is 286 g/mol. The van der Waals surface area contributed by atoms with Gasteiger partial charge in [-0.2, -0.15) is 0 Å². The maximum Gasteiger partial charge on any atom is 0.0669 e. The molecule has 0 aromatic heterocycles. The van der Waals surface area contributed by atoms with E-state index in [0.717, 1.165) is 30.5 Å². The van der Waals surface area contributed by atoms with E-state index in [9.17, 15) is 0 Å². The first kappa shape index (κ1) is 14.2. The number of hydrogen-bond acceptors (Lipinski definition) is 3. The zero-order valence-electron chi connectivity index (χ0n) is 10.7. The summed E-state index contributed by atoms with van der Waals surface area (Å²) in [7, 11) is 0. The van der Waals surface area contributed by atoms with E-state index in [4.69, 9.17) is 16.3 Å². The molecule has 1 aliphatic rings. The molecule has 2 nitrogen and oxygen atoms in total. The Labute approximate surface area is 118 Å². The van der Waals surface area contributed by atoms with E-state index < -0.39 is 0 Å². The van der Waals surface area contributed by atoms with Crippen molar-refractivity contribution in [3.63, 3.8) is 0 Å². The number of thioether (sulfide) groups is 1. The van der Waals surface area contributed by atoms with Crippen LogP contribution >= 0.6 is 23.4 Å². The largest absolute Gasteiger partial charge is 0.377 e. The molecule has 0 aliphatic carbocycles. The summed E-state index contributed by atoms with van der Waals surface area (Å²) in [6.07, 6.45) is 2.81. The van der Waals surface area contributed by atoms with Crippen molar-refractivity contribution < 1.29 is 4.74 Å². The third kappa shape index (κ3) is 3.89. The van der Waals surface area contributed by atoms with E-state index >= 15 is 0 Å². The lowest BCUT2D eigenvalue weighted by Crippen LogP contribution is -2.13. The number of ether oxygens (including phenoxy) is 1. The van der Waals surface area contributed by atoms with Crippen molar-refractivity contribution in [3.8, 4) is 0 Å². The van der Waals surface area contributed by atoms with Crippen LogP contribution in [0.15, 0.2) is 23.1 Å². The highest BCUT2D eigenvalue weighted by Crippen LogP contribution is 2.30. The SMILES string of the molecule is CCNCc1c(Cl)cccc1SCC1CCCO1. The number of halogens is 1. The van der Waals surface area contributed by atoms with Crippen molar-refractivity contribution in [3.05, 3.63) is 28.8 Å². The summed E-state index contributed by atoms with van der Waals surface area (Å²) in [5.74, 6) is 1.03. The Morgan fingerprint density at radius 2 is 2.39 bits per heavy atom. The molecule has 1 fully saturated rings. The fourth-order valence-corrected chi connectivity index (χ4v) is 3.51. The summed E-state index contributed by atoms with van der Waals surface area (Å²) in [6, 6.07) is 6.14. The molecule has 0 saturated carbocycles. The first-order valence-electron chi connectivity index (χ1n) is 6.53. The van der Waals surface area contributed by atoms with Crippen LogP contribution in [0.2, 0.25) is 5.02 Å². The minimum absolute atomic E-state index is 0.418. The highest BCUT2D eigenvalue weighted by Gasteiger charge is 2.16. The molecule has 1 N–H and O–H groups in total. The molecule has 1 heterocycles. The summed E-state index contributed by atoms with van der Waals surface area (Å²) >= 11 is 8.14. The molecule has 1 aliphatic heterocycles. The van der Waals surface area contributed by atoms with Crippen molar-refractivity contribution in [1.82, 2.24) is 5.32 Å². The fourth-order valence-electron chi connectivity index (χ4n) is 2.05. The van der Waals surface area contributed by atoms with Crippen LogP contribution in [-0.2, 0) is 11.3 Å². The minimum atomic E-state index is 0.418. The highest BCUT2D eigenvalue weighted by molar-refractivity contribution is 7.99. The molecule has 1 atom stereocenters. The van der Waals surface area contributed by atoms with Gasteiger partial charge in [0.15, 0.2) is 0 Å². The number of hydrogen-bond donors (Lipinski definition) is 1. The predicted octanol–water partition coefficient (Wildman–Crippen LogP) is 3.72. The van der Waals surface area contributed by atoms with Gasteiger partial charge in [-0.3, -0.25) is 0 Å². The lowest BCUT2D eigenvalue weighted by molar-refractivity contribution is 0.129. The van der Waals surface area contributed by atoms with Gasteiger partial charge < -0.3 is 10.1 Å². The van der Waals surface area contributed by atoms with Crippen LogP contribution in [-0.4, -0.2) is 25.0 Å². The van der Waals surface area contributed by atoms with E-state index in [2.05, 4.69) is 18.3 Å². The lowest BCUT2D eigenvalue weighted by atomic mass is 10.2. The molecule has 0 spiro atoms. The molecule has 1 aromatic rings. The molecule has 1 saturated heterocycles. The Kier molecular flexibility index (Phi) is 5.83. The van der Waals surface area contributed by atoms with Crippen molar-refractivity contribution in [2.24, 2.45) is 0 Å². The van der Waals surface area contributed by atoms with Crippen LogP contribution in [0.4, 0.5) is 0 Å². The number of nitrogens with one attached hydrogen (secondary N) is 1. The predicted molar refractivity (Wildman–Crippen MR) is 78.5 cm³/mol. The molecule has 4 heteroatoms. The number of rotatable bonds is 6. The monoisotopic (exact) mass is 285 g/mol. The van der Waals surface area contributed by atoms with E-state index in [1.807, 2.05) is 23.9 Å². The van der Waals surface area contributed by atoms with Crippen molar-refractivity contribution in [2.45, 2.75) is 37.3 Å². The lowest BCUT2D eigenvalue weighted by Gasteiger charge is -2.13. The molecule has 0 radical (unpaired) electrons. The second-order valence-electron chi connectivity index (χ2n) is 4.44. The Hall–Kier alpha value is -0.220. The summed E-state index contributed by atoms with van der Waals surface area (Å²) in [6.45, 7) is 4.83. The second-order valence-corrected chi connectivity index (χ2v) is 5.91. The molecule has 1 aromatic carbocycles. The van der Waals surface area contributed by atoms with E-state index in [1.165, 1.54) is 23.3 Å². The molecule has 0 amide bonds. The van der Waals surface area contributed by atoms with Gasteiger partial charge in [-0.25, -0.2) is 0 Å². The second kappa shape index (κ2) is 7.39. The Morgan fingerprint density at radius 3 is 3.11 bits per heavy atom. The Balaban J connectivity index is 1.98. The van der Waals surface area contributed by atoms with Crippen LogP contribution in [0.25, 0.3) is 0 Å². The van der Waals surface area contributed by atoms with E-state index in [-0.39, 0.29) is 0 Å². The summed E-state index contributed by atoms with van der Waals surface area (Å²) in [5.41, 5.74) is 1.21. The van der Waals surface area contributed by atoms with Gasteiger partial charge in [0.1, 0.15) is 0 Å². The molecule has 2 rings (SSSR count). The summed E-state index contributed by atoms with van der Waals surface area (Å²) < 4.78 is 5.66. The first-order chi connectivity index (χ1) is 8.81. The maximum atomic E-state index is 6.28. The van der Waals surface area contributed by atoms with Gasteiger partial charge in [0.2, 0.25) is 0 Å². The first-order valence-corrected chi connectivity index (χ1v) is 7.90. The number of benzene rings is 1. The molecular formula is C14H20ClNOS. The van der Waals surface area contributed by atoms with Crippen molar-refractivity contribution in [1.29, 1.82) is 0 Å². The average Bonchev–Trinajstić information content (AvgIpc) is 2.88. The summed E-state index contributed by atoms with van der Waals surface area (Å²) in [5, 5.41) is 4.20. The Bertz CT molecular complexity index is 380. The van der Waals surface area contributed by atoms with Gasteiger partial charge in [-0.15, -0.1) is 11.8 Å². The standard InChI is InChI=1S/C14H20ClNOS/c1-2-16-9-12-13(15)6-3-7-14(12)18-10-11-5-4-8-17-11/h3,6-7,11,16H,2,4-5,8-10H2,1H3. The van der Waals surface area contributed by atoms with E-state index in [1.54, 1.807) is 0 Å². The topological polar surface area (TPSA) is 21.3 Å². The van der Waals surface area contributed by atoms with Crippen LogP contribution in [0, 0.1) is 0 Å². The Morgan fingerprint density at radius 1 is 1.50 bits per heavy atom. The maximum absolute atomic E-state index is 6.28. The zero-order valence-corrected chi connectivity index (χ0v) is 12.3. The van der Waals surface area contributed by atoms with Crippen molar-refractivity contribution >= 4 is 23.4 Å². The van der Waals surface area contributed by atoms with Gasteiger partial charge in [-0.1, -0.05) is 24.6 Å². The van der Waals surface area contributed by atoms with Crippen molar-refractivity contribution in [2.75, 3.05) is 18.9 Å². The van der Waals surface area contributed by atoms with Crippen LogP contribution in [0.3, 0.4) is 0 Å². The summed E-state index contributed by atoms with van der Waals surface area (Å²) in [4.78, 5) is 1.28. The van der Waals surface area contributed by atoms with Gasteiger partial charge in [0, 0.05) is 28.8 Å².